The van der Waals surface area contributed by atoms with Gasteiger partial charge in [0.15, 0.2) is 0 Å². The number of hydrogen-bond donors (Lipinski definition) is 2. The van der Waals surface area contributed by atoms with Crippen molar-refractivity contribution in [2.24, 2.45) is 0 Å². The molecule has 0 atom stereocenters. The first kappa shape index (κ1) is 24.2. The van der Waals surface area contributed by atoms with Crippen molar-refractivity contribution in [3.05, 3.63) is 96.1 Å². The second-order valence-electron chi connectivity index (χ2n) is 8.70. The maximum Gasteiger partial charge on any atom is 0.252 e. The first-order chi connectivity index (χ1) is 17.0. The van der Waals surface area contributed by atoms with Crippen LogP contribution < -0.4 is 15.4 Å². The Morgan fingerprint density at radius 1 is 0.971 bits per heavy atom. The molecule has 6 nitrogen and oxygen atoms in total. The molecule has 1 aromatic heterocycles. The highest BCUT2D eigenvalue weighted by molar-refractivity contribution is 6.07. The summed E-state index contributed by atoms with van der Waals surface area (Å²) in [6.07, 6.45) is 0. The van der Waals surface area contributed by atoms with E-state index in [0.717, 1.165) is 29.7 Å². The Labute approximate surface area is 207 Å². The zero-order valence-electron chi connectivity index (χ0n) is 20.5. The minimum Gasteiger partial charge on any atom is -0.495 e. The van der Waals surface area contributed by atoms with Gasteiger partial charge >= 0.3 is 0 Å². The van der Waals surface area contributed by atoms with Crippen molar-refractivity contribution < 1.29 is 9.53 Å². The van der Waals surface area contributed by atoms with Crippen LogP contribution in [0.15, 0.2) is 84.9 Å². The molecule has 1 amide bonds. The minimum absolute atomic E-state index is 0.116. The van der Waals surface area contributed by atoms with Crippen LogP contribution in [0.4, 0.5) is 11.5 Å². The van der Waals surface area contributed by atoms with Crippen LogP contribution in [-0.2, 0) is 6.54 Å². The quantitative estimate of drug-likeness (QED) is 0.316. The summed E-state index contributed by atoms with van der Waals surface area (Å²) in [5, 5.41) is 7.24. The molecule has 0 fully saturated rings. The third kappa shape index (κ3) is 6.16. The van der Waals surface area contributed by atoms with Gasteiger partial charge in [-0.1, -0.05) is 60.7 Å². The summed E-state index contributed by atoms with van der Waals surface area (Å²) in [5.74, 6) is 1.18. The zero-order chi connectivity index (χ0) is 24.6. The summed E-state index contributed by atoms with van der Waals surface area (Å²) in [7, 11) is 1.63. The summed E-state index contributed by atoms with van der Waals surface area (Å²) in [6, 6.07) is 27.9. The Hall–Kier alpha value is -3.90. The van der Waals surface area contributed by atoms with Crippen LogP contribution in [0.3, 0.4) is 0 Å². The van der Waals surface area contributed by atoms with Crippen molar-refractivity contribution in [2.45, 2.75) is 26.4 Å². The predicted molar refractivity (Wildman–Crippen MR) is 142 cm³/mol. The Bertz CT molecular complexity index is 1270. The summed E-state index contributed by atoms with van der Waals surface area (Å²) in [4.78, 5) is 20.4. The number of nitrogens with zero attached hydrogens (tertiary/aromatic N) is 2. The second-order valence-corrected chi connectivity index (χ2v) is 8.70. The molecule has 0 spiro atoms. The SMILES string of the molecule is COc1ccccc1Nc1cc(C(=O)NCCN(Cc2ccccc2)C(C)C)c2ccccc2n1. The second kappa shape index (κ2) is 11.5. The van der Waals surface area contributed by atoms with Crippen LogP contribution in [0.2, 0.25) is 0 Å². The zero-order valence-corrected chi connectivity index (χ0v) is 20.5. The van der Waals surface area contributed by atoms with Crippen LogP contribution in [0.1, 0.15) is 29.8 Å². The third-order valence-electron chi connectivity index (χ3n) is 5.97. The van der Waals surface area contributed by atoms with Gasteiger partial charge in [0, 0.05) is 31.1 Å². The van der Waals surface area contributed by atoms with Gasteiger partial charge in [0.05, 0.1) is 23.9 Å². The number of benzene rings is 3. The van der Waals surface area contributed by atoms with E-state index in [1.165, 1.54) is 5.56 Å². The van der Waals surface area contributed by atoms with Crippen LogP contribution in [0, 0.1) is 0 Å². The van der Waals surface area contributed by atoms with Crippen molar-refractivity contribution in [2.75, 3.05) is 25.5 Å². The molecule has 3 aromatic carbocycles. The number of ether oxygens (including phenoxy) is 1. The first-order valence-electron chi connectivity index (χ1n) is 11.9. The van der Waals surface area contributed by atoms with Gasteiger partial charge in [-0.15, -0.1) is 0 Å². The lowest BCUT2D eigenvalue weighted by Crippen LogP contribution is -2.38. The van der Waals surface area contributed by atoms with Gasteiger partial charge in [0.25, 0.3) is 5.91 Å². The number of para-hydroxylation sites is 3. The highest BCUT2D eigenvalue weighted by Crippen LogP contribution is 2.28. The third-order valence-corrected chi connectivity index (χ3v) is 5.97. The molecule has 1 heterocycles. The average Bonchev–Trinajstić information content (AvgIpc) is 2.88. The van der Waals surface area contributed by atoms with Gasteiger partial charge in [-0.3, -0.25) is 9.69 Å². The minimum atomic E-state index is -0.116. The molecule has 2 N–H and O–H groups in total. The number of carbonyl (C=O) groups excluding carboxylic acids is 1. The van der Waals surface area contributed by atoms with Crippen LogP contribution in [-0.4, -0.2) is 42.0 Å². The maximum absolute atomic E-state index is 13.3. The Morgan fingerprint density at radius 2 is 1.69 bits per heavy atom. The van der Waals surface area contributed by atoms with Crippen molar-refractivity contribution in [3.8, 4) is 5.75 Å². The number of fused-ring (bicyclic) bond motifs is 1. The Balaban J connectivity index is 1.50. The number of carbonyl (C=O) groups is 1. The van der Waals surface area contributed by atoms with Gasteiger partial charge in [-0.2, -0.15) is 0 Å². The lowest BCUT2D eigenvalue weighted by molar-refractivity contribution is 0.0946. The van der Waals surface area contributed by atoms with Crippen LogP contribution in [0.25, 0.3) is 10.9 Å². The molecular formula is C29H32N4O2. The molecule has 35 heavy (non-hydrogen) atoms. The van der Waals surface area contributed by atoms with Crippen molar-refractivity contribution >= 4 is 28.3 Å². The Morgan fingerprint density at radius 3 is 2.46 bits per heavy atom. The number of rotatable bonds is 10. The van der Waals surface area contributed by atoms with Crippen molar-refractivity contribution in [3.63, 3.8) is 0 Å². The smallest absolute Gasteiger partial charge is 0.252 e. The number of methoxy groups -OCH3 is 1. The van der Waals surface area contributed by atoms with Gasteiger partial charge in [0.1, 0.15) is 11.6 Å². The van der Waals surface area contributed by atoms with E-state index in [1.54, 1.807) is 13.2 Å². The average molecular weight is 469 g/mol. The molecule has 0 saturated heterocycles. The van der Waals surface area contributed by atoms with E-state index < -0.39 is 0 Å². The highest BCUT2D eigenvalue weighted by Gasteiger charge is 2.15. The fourth-order valence-electron chi connectivity index (χ4n) is 4.06. The monoisotopic (exact) mass is 468 g/mol. The van der Waals surface area contributed by atoms with Crippen molar-refractivity contribution in [1.29, 1.82) is 0 Å². The molecule has 0 radical (unpaired) electrons. The van der Waals surface area contributed by atoms with E-state index in [4.69, 9.17) is 9.72 Å². The van der Waals surface area contributed by atoms with E-state index in [1.807, 2.05) is 54.6 Å². The molecular weight excluding hydrogens is 436 g/mol. The molecule has 4 rings (SSSR count). The largest absolute Gasteiger partial charge is 0.495 e. The summed E-state index contributed by atoms with van der Waals surface area (Å²) in [6.45, 7) is 6.51. The van der Waals surface area contributed by atoms with E-state index in [0.29, 0.717) is 29.7 Å². The molecule has 4 aromatic rings. The molecule has 180 valence electrons. The number of amides is 1. The lowest BCUT2D eigenvalue weighted by atomic mass is 10.1. The molecule has 0 aliphatic carbocycles. The van der Waals surface area contributed by atoms with E-state index >= 15 is 0 Å². The number of anilines is 2. The standard InChI is InChI=1S/C29H32N4O2/c1-21(2)33(20-22-11-5-4-6-12-22)18-17-30-29(34)24-19-28(31-25-14-8-7-13-23(24)25)32-26-15-9-10-16-27(26)35-3/h4-16,19,21H,17-18,20H2,1-3H3,(H,30,34)(H,31,32). The first-order valence-corrected chi connectivity index (χ1v) is 11.9. The number of hydrogen-bond acceptors (Lipinski definition) is 5. The normalized spacial score (nSPS) is 11.1. The molecule has 0 saturated carbocycles. The van der Waals surface area contributed by atoms with Crippen molar-refractivity contribution in [1.82, 2.24) is 15.2 Å². The summed E-state index contributed by atoms with van der Waals surface area (Å²) in [5.41, 5.74) is 3.40. The molecule has 0 aliphatic rings. The topological polar surface area (TPSA) is 66.5 Å². The van der Waals surface area contributed by atoms with E-state index in [-0.39, 0.29) is 5.91 Å². The summed E-state index contributed by atoms with van der Waals surface area (Å²) >= 11 is 0. The van der Waals surface area contributed by atoms with Crippen LogP contribution >= 0.6 is 0 Å². The summed E-state index contributed by atoms with van der Waals surface area (Å²) < 4.78 is 5.45. The molecule has 0 unspecified atom stereocenters. The van der Waals surface area contributed by atoms with Gasteiger partial charge in [-0.05, 0) is 43.7 Å². The Kier molecular flexibility index (Phi) is 7.95. The molecule has 0 bridgehead atoms. The fourth-order valence-corrected chi connectivity index (χ4v) is 4.06. The van der Waals surface area contributed by atoms with E-state index in [9.17, 15) is 4.79 Å². The van der Waals surface area contributed by atoms with Gasteiger partial charge < -0.3 is 15.4 Å². The maximum atomic E-state index is 13.3. The van der Waals surface area contributed by atoms with Gasteiger partial charge in [-0.25, -0.2) is 4.98 Å². The predicted octanol–water partition coefficient (Wildman–Crippen LogP) is 5.63. The molecule has 0 aliphatic heterocycles. The van der Waals surface area contributed by atoms with Gasteiger partial charge in [0.2, 0.25) is 0 Å². The number of aromatic nitrogens is 1. The molecule has 6 heteroatoms. The number of nitrogens with one attached hydrogen (secondary N) is 2. The fraction of sp³-hybridized carbons (Fsp3) is 0.241. The van der Waals surface area contributed by atoms with Crippen LogP contribution in [0.5, 0.6) is 5.75 Å². The highest BCUT2D eigenvalue weighted by atomic mass is 16.5. The van der Waals surface area contributed by atoms with E-state index in [2.05, 4.69) is 53.6 Å². The lowest BCUT2D eigenvalue weighted by Gasteiger charge is -2.26. The number of pyridine rings is 1.